The van der Waals surface area contributed by atoms with Crippen LogP contribution in [0.1, 0.15) is 35.1 Å². The quantitative estimate of drug-likeness (QED) is 0.694. The first-order valence-electron chi connectivity index (χ1n) is 8.59. The molecule has 0 aliphatic carbocycles. The van der Waals surface area contributed by atoms with Gasteiger partial charge < -0.3 is 19.8 Å². The Morgan fingerprint density at radius 1 is 1.22 bits per heavy atom. The Morgan fingerprint density at radius 3 is 2.52 bits per heavy atom. The summed E-state index contributed by atoms with van der Waals surface area (Å²) in [6, 6.07) is 5.54. The van der Waals surface area contributed by atoms with Gasteiger partial charge in [0.15, 0.2) is 0 Å². The summed E-state index contributed by atoms with van der Waals surface area (Å²) in [4.78, 5) is 12.0. The number of aromatic nitrogens is 1. The van der Waals surface area contributed by atoms with Crippen LogP contribution in [0.3, 0.4) is 0 Å². The molecule has 27 heavy (non-hydrogen) atoms. The van der Waals surface area contributed by atoms with Crippen LogP contribution in [0.5, 0.6) is 5.75 Å². The van der Waals surface area contributed by atoms with Crippen LogP contribution in [0.2, 0.25) is 0 Å². The summed E-state index contributed by atoms with van der Waals surface area (Å²) < 4.78 is 48.8. The van der Waals surface area contributed by atoms with E-state index in [9.17, 15) is 18.0 Å². The molecular weight excluding hydrogens is 361 g/mol. The standard InChI is InChI=1S/C19H23F3N2O3/c1-4-26-10-6-9-24-12(2)16(17(13(24)3)18(23)25)14-7-5-8-15(11-14)27-19(20,21)22/h5,7-8,11H,4,6,9-10H2,1-3H3,(H2,23,25). The van der Waals surface area contributed by atoms with E-state index in [0.717, 1.165) is 12.1 Å². The van der Waals surface area contributed by atoms with E-state index in [1.807, 2.05) is 18.4 Å². The van der Waals surface area contributed by atoms with Crippen molar-refractivity contribution in [2.75, 3.05) is 13.2 Å². The zero-order valence-corrected chi connectivity index (χ0v) is 15.5. The second kappa shape index (κ2) is 8.47. The lowest BCUT2D eigenvalue weighted by molar-refractivity contribution is -0.274. The Morgan fingerprint density at radius 2 is 1.93 bits per heavy atom. The number of rotatable bonds is 8. The van der Waals surface area contributed by atoms with Gasteiger partial charge in [-0.25, -0.2) is 0 Å². The average molecular weight is 384 g/mol. The molecule has 1 aromatic carbocycles. The zero-order valence-electron chi connectivity index (χ0n) is 15.5. The van der Waals surface area contributed by atoms with Gasteiger partial charge in [-0.2, -0.15) is 0 Å². The van der Waals surface area contributed by atoms with Crippen LogP contribution in [-0.4, -0.2) is 30.1 Å². The first-order chi connectivity index (χ1) is 12.7. The molecule has 0 bridgehead atoms. The summed E-state index contributed by atoms with van der Waals surface area (Å²) in [6.45, 7) is 7.29. The van der Waals surface area contributed by atoms with Crippen LogP contribution in [0, 0.1) is 13.8 Å². The molecule has 0 aliphatic rings. The number of nitrogens with zero attached hydrogens (tertiary/aromatic N) is 1. The maximum Gasteiger partial charge on any atom is 0.573 e. The molecule has 5 nitrogen and oxygen atoms in total. The van der Waals surface area contributed by atoms with Gasteiger partial charge >= 0.3 is 6.36 Å². The van der Waals surface area contributed by atoms with Crippen molar-refractivity contribution in [1.82, 2.24) is 4.57 Å². The van der Waals surface area contributed by atoms with Gasteiger partial charge in [-0.1, -0.05) is 12.1 Å². The van der Waals surface area contributed by atoms with E-state index in [0.29, 0.717) is 42.1 Å². The Kier molecular flexibility index (Phi) is 6.54. The maximum absolute atomic E-state index is 12.5. The molecule has 1 aromatic heterocycles. The SMILES string of the molecule is CCOCCCn1c(C)c(C(N)=O)c(-c2cccc(OC(F)(F)F)c2)c1C. The highest BCUT2D eigenvalue weighted by Gasteiger charge is 2.31. The number of carbonyl (C=O) groups excluding carboxylic acids is 1. The normalized spacial score (nSPS) is 11.6. The third-order valence-electron chi connectivity index (χ3n) is 4.26. The molecule has 0 unspecified atom stereocenters. The molecule has 1 heterocycles. The lowest BCUT2D eigenvalue weighted by atomic mass is 10.00. The van der Waals surface area contributed by atoms with Gasteiger partial charge in [0.2, 0.25) is 0 Å². The summed E-state index contributed by atoms with van der Waals surface area (Å²) >= 11 is 0. The lowest BCUT2D eigenvalue weighted by Crippen LogP contribution is -2.17. The number of ether oxygens (including phenoxy) is 2. The molecule has 1 amide bonds. The summed E-state index contributed by atoms with van der Waals surface area (Å²) in [7, 11) is 0. The van der Waals surface area contributed by atoms with E-state index in [1.165, 1.54) is 18.2 Å². The molecule has 0 spiro atoms. The van der Waals surface area contributed by atoms with Crippen molar-refractivity contribution in [3.63, 3.8) is 0 Å². The number of hydrogen-bond donors (Lipinski definition) is 1. The maximum atomic E-state index is 12.5. The van der Waals surface area contributed by atoms with Crippen molar-refractivity contribution in [2.24, 2.45) is 5.73 Å². The van der Waals surface area contributed by atoms with Gasteiger partial charge in [0, 0.05) is 36.7 Å². The van der Waals surface area contributed by atoms with E-state index in [4.69, 9.17) is 10.5 Å². The summed E-state index contributed by atoms with van der Waals surface area (Å²) in [5.74, 6) is -0.979. The Balaban J connectivity index is 2.47. The summed E-state index contributed by atoms with van der Waals surface area (Å²) in [5.41, 5.74) is 8.25. The number of benzene rings is 1. The first kappa shape index (κ1) is 20.8. The Hall–Kier alpha value is -2.48. The van der Waals surface area contributed by atoms with Crippen molar-refractivity contribution in [2.45, 2.75) is 40.1 Å². The fraction of sp³-hybridized carbons (Fsp3) is 0.421. The van der Waals surface area contributed by atoms with Crippen molar-refractivity contribution in [3.05, 3.63) is 41.2 Å². The molecule has 8 heteroatoms. The monoisotopic (exact) mass is 384 g/mol. The average Bonchev–Trinajstić information content (AvgIpc) is 2.81. The molecule has 2 rings (SSSR count). The molecule has 2 N–H and O–H groups in total. The second-order valence-electron chi connectivity index (χ2n) is 6.06. The van der Waals surface area contributed by atoms with Gasteiger partial charge in [0.1, 0.15) is 5.75 Å². The third-order valence-corrected chi connectivity index (χ3v) is 4.26. The van der Waals surface area contributed by atoms with Crippen molar-refractivity contribution < 1.29 is 27.4 Å². The number of hydrogen-bond acceptors (Lipinski definition) is 3. The van der Waals surface area contributed by atoms with Gasteiger partial charge in [-0.05, 0) is 44.9 Å². The van der Waals surface area contributed by atoms with Crippen LogP contribution in [-0.2, 0) is 11.3 Å². The van der Waals surface area contributed by atoms with E-state index < -0.39 is 12.3 Å². The van der Waals surface area contributed by atoms with Crippen molar-refractivity contribution in [1.29, 1.82) is 0 Å². The molecule has 0 atom stereocenters. The number of carbonyl (C=O) groups is 1. The van der Waals surface area contributed by atoms with E-state index in [-0.39, 0.29) is 5.75 Å². The fourth-order valence-electron chi connectivity index (χ4n) is 3.19. The number of amides is 1. The topological polar surface area (TPSA) is 66.5 Å². The molecular formula is C19H23F3N2O3. The number of alkyl halides is 3. The molecule has 0 fully saturated rings. The van der Waals surface area contributed by atoms with Gasteiger partial charge in [-0.15, -0.1) is 13.2 Å². The van der Waals surface area contributed by atoms with Crippen molar-refractivity contribution >= 4 is 5.91 Å². The van der Waals surface area contributed by atoms with Gasteiger partial charge in [0.25, 0.3) is 5.91 Å². The Labute approximate surface area is 155 Å². The van der Waals surface area contributed by atoms with Crippen LogP contribution < -0.4 is 10.5 Å². The zero-order chi connectivity index (χ0) is 20.2. The molecule has 0 aliphatic heterocycles. The highest BCUT2D eigenvalue weighted by atomic mass is 19.4. The largest absolute Gasteiger partial charge is 0.573 e. The lowest BCUT2D eigenvalue weighted by Gasteiger charge is -2.11. The summed E-state index contributed by atoms with van der Waals surface area (Å²) in [6.07, 6.45) is -4.06. The molecule has 0 saturated heterocycles. The minimum Gasteiger partial charge on any atom is -0.406 e. The molecule has 0 saturated carbocycles. The van der Waals surface area contributed by atoms with E-state index >= 15 is 0 Å². The number of halogens is 3. The smallest absolute Gasteiger partial charge is 0.406 e. The Bertz CT molecular complexity index is 813. The third kappa shape index (κ3) is 5.03. The molecule has 0 radical (unpaired) electrons. The van der Waals surface area contributed by atoms with Crippen LogP contribution in [0.4, 0.5) is 13.2 Å². The summed E-state index contributed by atoms with van der Waals surface area (Å²) in [5, 5.41) is 0. The van der Waals surface area contributed by atoms with E-state index in [1.54, 1.807) is 13.0 Å². The fourth-order valence-corrected chi connectivity index (χ4v) is 3.19. The highest BCUT2D eigenvalue weighted by Crippen LogP contribution is 2.35. The van der Waals surface area contributed by atoms with Crippen LogP contribution in [0.15, 0.2) is 24.3 Å². The highest BCUT2D eigenvalue weighted by molar-refractivity contribution is 6.02. The molecule has 148 valence electrons. The van der Waals surface area contributed by atoms with Crippen molar-refractivity contribution in [3.8, 4) is 16.9 Å². The van der Waals surface area contributed by atoms with Gasteiger partial charge in [-0.3, -0.25) is 4.79 Å². The van der Waals surface area contributed by atoms with Crippen LogP contribution in [0.25, 0.3) is 11.1 Å². The van der Waals surface area contributed by atoms with Gasteiger partial charge in [0.05, 0.1) is 5.56 Å². The molecule has 2 aromatic rings. The minimum absolute atomic E-state index is 0.299. The predicted molar refractivity (Wildman–Crippen MR) is 95.7 cm³/mol. The second-order valence-corrected chi connectivity index (χ2v) is 6.06. The van der Waals surface area contributed by atoms with E-state index in [2.05, 4.69) is 4.74 Å². The number of nitrogens with two attached hydrogens (primary N) is 1. The minimum atomic E-state index is -4.79. The predicted octanol–water partition coefficient (Wildman–Crippen LogP) is 4.20. The van der Waals surface area contributed by atoms with Crippen LogP contribution >= 0.6 is 0 Å². The first-order valence-corrected chi connectivity index (χ1v) is 8.59. The number of primary amides is 1.